The summed E-state index contributed by atoms with van der Waals surface area (Å²) in [4.78, 5) is 10.4. The highest BCUT2D eigenvalue weighted by molar-refractivity contribution is 4.87. The smallest absolute Gasteiger partial charge is 0.219 e. The van der Waals surface area contributed by atoms with Gasteiger partial charge in [0.2, 0.25) is 6.04 Å². The molecule has 0 rings (SSSR count). The van der Waals surface area contributed by atoms with Gasteiger partial charge in [0.1, 0.15) is 0 Å². The van der Waals surface area contributed by atoms with Crippen LogP contribution in [0.15, 0.2) is 0 Å². The van der Waals surface area contributed by atoms with Crippen molar-refractivity contribution < 1.29 is 4.92 Å². The first kappa shape index (κ1) is 11.9. The van der Waals surface area contributed by atoms with E-state index in [0.717, 1.165) is 0 Å². The Morgan fingerprint density at radius 3 is 2.00 bits per heavy atom. The van der Waals surface area contributed by atoms with E-state index in [2.05, 4.69) is 6.07 Å². The summed E-state index contributed by atoms with van der Waals surface area (Å²) in [5.41, 5.74) is 0. The van der Waals surface area contributed by atoms with Crippen LogP contribution in [0.1, 0.15) is 27.7 Å². The van der Waals surface area contributed by atoms with E-state index in [4.69, 9.17) is 5.26 Å². The second-order valence-electron chi connectivity index (χ2n) is 3.80. The van der Waals surface area contributed by atoms with Crippen molar-refractivity contribution in [3.05, 3.63) is 10.1 Å². The van der Waals surface area contributed by atoms with Crippen molar-refractivity contribution in [2.24, 2.45) is 17.8 Å². The first-order valence-electron chi connectivity index (χ1n) is 4.45. The van der Waals surface area contributed by atoms with Crippen molar-refractivity contribution in [3.8, 4) is 6.07 Å². The number of nitro groups is 1. The zero-order chi connectivity index (χ0) is 10.6. The molecular formula is C9H16N2O2. The molecule has 0 aromatic rings. The standard InChI is InChI=1S/C9H16N2O2/c1-6(2)9(11(12)13)8(4)7(3)5-10/h6-9H,1-4H3/t7?,8?,9-/m0/s1. The number of hydrogen-bond donors (Lipinski definition) is 0. The van der Waals surface area contributed by atoms with Gasteiger partial charge in [0, 0.05) is 16.8 Å². The van der Waals surface area contributed by atoms with Crippen LogP contribution < -0.4 is 0 Å². The van der Waals surface area contributed by atoms with Gasteiger partial charge in [-0.1, -0.05) is 20.8 Å². The molecule has 0 aromatic carbocycles. The molecule has 0 aromatic heterocycles. The SMILES string of the molecule is CC(C#N)C(C)[C@H](C(C)C)[N+](=O)[O-]. The predicted octanol–water partition coefficient (Wildman–Crippen LogP) is 2.08. The maximum Gasteiger partial charge on any atom is 0.219 e. The highest BCUT2D eigenvalue weighted by Gasteiger charge is 2.34. The third-order valence-corrected chi connectivity index (χ3v) is 2.46. The zero-order valence-electron chi connectivity index (χ0n) is 8.52. The van der Waals surface area contributed by atoms with Crippen molar-refractivity contribution in [1.29, 1.82) is 5.26 Å². The molecule has 13 heavy (non-hydrogen) atoms. The van der Waals surface area contributed by atoms with Crippen LogP contribution in [0, 0.1) is 39.2 Å². The van der Waals surface area contributed by atoms with Gasteiger partial charge < -0.3 is 0 Å². The quantitative estimate of drug-likeness (QED) is 0.496. The van der Waals surface area contributed by atoms with Crippen LogP contribution in [0.5, 0.6) is 0 Å². The fourth-order valence-corrected chi connectivity index (χ4v) is 1.46. The fraction of sp³-hybridized carbons (Fsp3) is 0.889. The molecule has 4 nitrogen and oxygen atoms in total. The highest BCUT2D eigenvalue weighted by Crippen LogP contribution is 2.22. The lowest BCUT2D eigenvalue weighted by molar-refractivity contribution is -0.541. The molecule has 0 bridgehead atoms. The Balaban J connectivity index is 4.57. The molecule has 0 amide bonds. The Morgan fingerprint density at radius 1 is 1.31 bits per heavy atom. The largest absolute Gasteiger partial charge is 0.264 e. The zero-order valence-corrected chi connectivity index (χ0v) is 8.52. The minimum Gasteiger partial charge on any atom is -0.264 e. The van der Waals surface area contributed by atoms with Gasteiger partial charge in [-0.05, 0) is 6.92 Å². The van der Waals surface area contributed by atoms with Crippen molar-refractivity contribution in [1.82, 2.24) is 0 Å². The van der Waals surface area contributed by atoms with Crippen LogP contribution >= 0.6 is 0 Å². The number of nitrogens with zero attached hydrogens (tertiary/aromatic N) is 2. The summed E-state index contributed by atoms with van der Waals surface area (Å²) in [6.07, 6.45) is 0. The molecule has 0 aliphatic rings. The van der Waals surface area contributed by atoms with Gasteiger partial charge in [-0.3, -0.25) is 10.1 Å². The second-order valence-corrected chi connectivity index (χ2v) is 3.80. The lowest BCUT2D eigenvalue weighted by Gasteiger charge is -2.21. The molecule has 3 atom stereocenters. The minimum atomic E-state index is -0.616. The normalized spacial score (nSPS) is 17.5. The maximum atomic E-state index is 10.7. The average molecular weight is 184 g/mol. The molecule has 0 radical (unpaired) electrons. The van der Waals surface area contributed by atoms with E-state index in [-0.39, 0.29) is 22.7 Å². The lowest BCUT2D eigenvalue weighted by atomic mass is 9.84. The molecule has 0 aliphatic heterocycles. The summed E-state index contributed by atoms with van der Waals surface area (Å²) < 4.78 is 0. The van der Waals surface area contributed by atoms with Gasteiger partial charge in [0.05, 0.1) is 12.0 Å². The lowest BCUT2D eigenvalue weighted by Crippen LogP contribution is -2.35. The van der Waals surface area contributed by atoms with E-state index < -0.39 is 6.04 Å². The van der Waals surface area contributed by atoms with Crippen LogP contribution in [-0.2, 0) is 0 Å². The maximum absolute atomic E-state index is 10.7. The Hall–Kier alpha value is -1.11. The molecule has 0 heterocycles. The van der Waals surface area contributed by atoms with E-state index in [0.29, 0.717) is 0 Å². The molecule has 2 unspecified atom stereocenters. The molecule has 0 fully saturated rings. The van der Waals surface area contributed by atoms with Crippen molar-refractivity contribution in [3.63, 3.8) is 0 Å². The van der Waals surface area contributed by atoms with Crippen LogP contribution in [0.25, 0.3) is 0 Å². The number of nitriles is 1. The fourth-order valence-electron chi connectivity index (χ4n) is 1.46. The minimum absolute atomic E-state index is 0.0270. The van der Waals surface area contributed by atoms with Gasteiger partial charge in [0.25, 0.3) is 0 Å². The van der Waals surface area contributed by atoms with Crippen molar-refractivity contribution >= 4 is 0 Å². The molecule has 0 N–H and O–H groups in total. The van der Waals surface area contributed by atoms with E-state index in [1.54, 1.807) is 13.8 Å². The van der Waals surface area contributed by atoms with E-state index in [1.165, 1.54) is 0 Å². The van der Waals surface area contributed by atoms with Crippen LogP contribution in [0.3, 0.4) is 0 Å². The van der Waals surface area contributed by atoms with Gasteiger partial charge in [0.15, 0.2) is 0 Å². The monoisotopic (exact) mass is 184 g/mol. The first-order valence-corrected chi connectivity index (χ1v) is 4.45. The summed E-state index contributed by atoms with van der Waals surface area (Å²) in [6.45, 7) is 7.12. The molecule has 74 valence electrons. The summed E-state index contributed by atoms with van der Waals surface area (Å²) >= 11 is 0. The number of rotatable bonds is 4. The summed E-state index contributed by atoms with van der Waals surface area (Å²) in [5.74, 6) is -0.487. The molecule has 4 heteroatoms. The number of hydrogen-bond acceptors (Lipinski definition) is 3. The molecule has 0 aliphatic carbocycles. The van der Waals surface area contributed by atoms with Gasteiger partial charge in [-0.25, -0.2) is 0 Å². The Morgan fingerprint density at radius 2 is 1.77 bits per heavy atom. The van der Waals surface area contributed by atoms with E-state index in [9.17, 15) is 10.1 Å². The van der Waals surface area contributed by atoms with Crippen molar-refractivity contribution in [2.45, 2.75) is 33.7 Å². The average Bonchev–Trinajstić information content (AvgIpc) is 2.01. The molecule has 0 saturated carbocycles. The Kier molecular flexibility index (Phi) is 4.39. The predicted molar refractivity (Wildman–Crippen MR) is 49.6 cm³/mol. The van der Waals surface area contributed by atoms with Crippen LogP contribution in [-0.4, -0.2) is 11.0 Å². The molecule has 0 saturated heterocycles. The van der Waals surface area contributed by atoms with Crippen LogP contribution in [0.2, 0.25) is 0 Å². The third kappa shape index (κ3) is 3.02. The van der Waals surface area contributed by atoms with Gasteiger partial charge >= 0.3 is 0 Å². The first-order chi connectivity index (χ1) is 5.91. The van der Waals surface area contributed by atoms with E-state index in [1.807, 2.05) is 13.8 Å². The second kappa shape index (κ2) is 4.80. The highest BCUT2D eigenvalue weighted by atomic mass is 16.6. The van der Waals surface area contributed by atoms with Gasteiger partial charge in [-0.15, -0.1) is 0 Å². The topological polar surface area (TPSA) is 66.9 Å². The van der Waals surface area contributed by atoms with Crippen LogP contribution in [0.4, 0.5) is 0 Å². The molecule has 0 spiro atoms. The Bertz CT molecular complexity index is 220. The molecular weight excluding hydrogens is 168 g/mol. The van der Waals surface area contributed by atoms with E-state index >= 15 is 0 Å². The summed E-state index contributed by atoms with van der Waals surface area (Å²) in [5, 5.41) is 19.3. The summed E-state index contributed by atoms with van der Waals surface area (Å²) in [7, 11) is 0. The Labute approximate surface area is 78.7 Å². The van der Waals surface area contributed by atoms with Gasteiger partial charge in [-0.2, -0.15) is 5.26 Å². The third-order valence-electron chi connectivity index (χ3n) is 2.46. The van der Waals surface area contributed by atoms with Crippen molar-refractivity contribution in [2.75, 3.05) is 0 Å². The summed E-state index contributed by atoms with van der Waals surface area (Å²) in [6, 6.07) is 1.43.